The fourth-order valence-electron chi connectivity index (χ4n) is 1.93. The van der Waals surface area contributed by atoms with E-state index in [1.165, 1.54) is 5.56 Å². The van der Waals surface area contributed by atoms with Gasteiger partial charge in [-0.15, -0.1) is 0 Å². The van der Waals surface area contributed by atoms with Gasteiger partial charge in [-0.1, -0.05) is 37.3 Å². The first-order chi connectivity index (χ1) is 9.22. The molecule has 1 amide bonds. The van der Waals surface area contributed by atoms with Crippen molar-refractivity contribution < 1.29 is 9.59 Å². The average Bonchev–Trinajstić information content (AvgIpc) is 2.40. The summed E-state index contributed by atoms with van der Waals surface area (Å²) >= 11 is 0. The van der Waals surface area contributed by atoms with Gasteiger partial charge in [-0.3, -0.25) is 9.59 Å². The monoisotopic (exact) mass is 261 g/mol. The zero-order valence-corrected chi connectivity index (χ0v) is 11.7. The predicted octanol–water partition coefficient (Wildman–Crippen LogP) is 2.88. The molecule has 1 aromatic carbocycles. The van der Waals surface area contributed by atoms with Gasteiger partial charge < -0.3 is 5.32 Å². The van der Waals surface area contributed by atoms with Gasteiger partial charge in [0.05, 0.1) is 0 Å². The molecule has 0 saturated carbocycles. The zero-order valence-electron chi connectivity index (χ0n) is 11.7. The van der Waals surface area contributed by atoms with Crippen molar-refractivity contribution in [2.24, 2.45) is 0 Å². The number of carbonyl (C=O) groups is 2. The summed E-state index contributed by atoms with van der Waals surface area (Å²) in [7, 11) is 0. The fourth-order valence-corrected chi connectivity index (χ4v) is 1.93. The van der Waals surface area contributed by atoms with Crippen molar-refractivity contribution in [1.29, 1.82) is 0 Å². The molecule has 0 heterocycles. The van der Waals surface area contributed by atoms with E-state index in [1.807, 2.05) is 25.1 Å². The van der Waals surface area contributed by atoms with Gasteiger partial charge in [-0.2, -0.15) is 0 Å². The second-order valence-corrected chi connectivity index (χ2v) is 4.73. The molecule has 0 bridgehead atoms. The van der Waals surface area contributed by atoms with E-state index in [0.717, 1.165) is 12.8 Å². The Balaban J connectivity index is 2.07. The first kappa shape index (κ1) is 15.4. The Bertz CT molecular complexity index is 387. The van der Waals surface area contributed by atoms with Crippen molar-refractivity contribution in [3.05, 3.63) is 35.9 Å². The third-order valence-electron chi connectivity index (χ3n) is 2.97. The summed E-state index contributed by atoms with van der Waals surface area (Å²) in [5.41, 5.74) is 1.22. The summed E-state index contributed by atoms with van der Waals surface area (Å²) in [5.74, 6) is 0.305. The molecule has 0 atom stereocenters. The second kappa shape index (κ2) is 9.31. The van der Waals surface area contributed by atoms with E-state index in [1.54, 1.807) is 0 Å². The van der Waals surface area contributed by atoms with Crippen molar-refractivity contribution in [1.82, 2.24) is 5.32 Å². The van der Waals surface area contributed by atoms with Crippen LogP contribution in [0, 0.1) is 0 Å². The summed E-state index contributed by atoms with van der Waals surface area (Å²) in [5, 5.41) is 2.89. The van der Waals surface area contributed by atoms with E-state index in [2.05, 4.69) is 17.4 Å². The molecule has 3 heteroatoms. The lowest BCUT2D eigenvalue weighted by Gasteiger charge is -2.05. The normalized spacial score (nSPS) is 10.2. The van der Waals surface area contributed by atoms with E-state index in [0.29, 0.717) is 32.2 Å². The number of carbonyl (C=O) groups excluding carboxylic acids is 2. The Morgan fingerprint density at radius 2 is 1.79 bits per heavy atom. The summed E-state index contributed by atoms with van der Waals surface area (Å²) in [6.07, 6.45) is 4.01. The minimum Gasteiger partial charge on any atom is -0.356 e. The molecule has 0 radical (unpaired) electrons. The molecule has 19 heavy (non-hydrogen) atoms. The number of benzene rings is 1. The summed E-state index contributed by atoms with van der Waals surface area (Å²) < 4.78 is 0. The van der Waals surface area contributed by atoms with Crippen LogP contribution in [0.1, 0.15) is 44.6 Å². The second-order valence-electron chi connectivity index (χ2n) is 4.73. The van der Waals surface area contributed by atoms with Gasteiger partial charge in [0.2, 0.25) is 5.91 Å². The number of nitrogens with one attached hydrogen (secondary N) is 1. The van der Waals surface area contributed by atoms with Crippen LogP contribution in [0.3, 0.4) is 0 Å². The van der Waals surface area contributed by atoms with Crippen LogP contribution in [0.2, 0.25) is 0 Å². The summed E-state index contributed by atoms with van der Waals surface area (Å²) in [6, 6.07) is 10.1. The number of amides is 1. The van der Waals surface area contributed by atoms with Gasteiger partial charge >= 0.3 is 0 Å². The van der Waals surface area contributed by atoms with E-state index < -0.39 is 0 Å². The highest BCUT2D eigenvalue weighted by Gasteiger charge is 2.04. The Kier molecular flexibility index (Phi) is 7.56. The van der Waals surface area contributed by atoms with Crippen LogP contribution >= 0.6 is 0 Å². The zero-order chi connectivity index (χ0) is 13.9. The lowest BCUT2D eigenvalue weighted by atomic mass is 10.1. The van der Waals surface area contributed by atoms with Crippen LogP contribution in [-0.2, 0) is 16.0 Å². The highest BCUT2D eigenvalue weighted by atomic mass is 16.1. The number of Topliss-reactive ketones (excluding diaryl/α,β-unsaturated/α-hetero) is 1. The maximum Gasteiger partial charge on any atom is 0.220 e. The molecule has 1 aromatic rings. The molecule has 0 unspecified atom stereocenters. The Morgan fingerprint density at radius 1 is 1.05 bits per heavy atom. The first-order valence-corrected chi connectivity index (χ1v) is 7.04. The first-order valence-electron chi connectivity index (χ1n) is 7.04. The molecule has 3 nitrogen and oxygen atoms in total. The van der Waals surface area contributed by atoms with Crippen LogP contribution in [0.15, 0.2) is 30.3 Å². The quantitative estimate of drug-likeness (QED) is 0.743. The van der Waals surface area contributed by atoms with Crippen LogP contribution in [0.4, 0.5) is 0 Å². The largest absolute Gasteiger partial charge is 0.356 e. The van der Waals surface area contributed by atoms with Gasteiger partial charge in [0.15, 0.2) is 0 Å². The number of hydrogen-bond acceptors (Lipinski definition) is 2. The van der Waals surface area contributed by atoms with E-state index in [-0.39, 0.29) is 11.7 Å². The fraction of sp³-hybridized carbons (Fsp3) is 0.500. The molecule has 0 fully saturated rings. The molecular formula is C16H23NO2. The van der Waals surface area contributed by atoms with Gasteiger partial charge in [0.1, 0.15) is 5.78 Å². The molecule has 0 aromatic heterocycles. The highest BCUT2D eigenvalue weighted by Crippen LogP contribution is 2.02. The van der Waals surface area contributed by atoms with Crippen LogP contribution in [0.5, 0.6) is 0 Å². The van der Waals surface area contributed by atoms with Crippen molar-refractivity contribution >= 4 is 11.7 Å². The Morgan fingerprint density at radius 3 is 2.47 bits per heavy atom. The number of ketones is 1. The van der Waals surface area contributed by atoms with Gasteiger partial charge in [0, 0.05) is 25.8 Å². The molecule has 104 valence electrons. The number of hydrogen-bond donors (Lipinski definition) is 1. The standard InChI is InChI=1S/C16H23NO2/c1-2-7-15(18)10-6-11-16(19)17-13-12-14-8-4-3-5-9-14/h3-5,8-9H,2,6-7,10-13H2,1H3,(H,17,19). The molecule has 0 aliphatic heterocycles. The molecule has 0 spiro atoms. The lowest BCUT2D eigenvalue weighted by molar-refractivity contribution is -0.121. The minimum atomic E-state index is 0.0419. The van der Waals surface area contributed by atoms with Crippen LogP contribution < -0.4 is 5.32 Å². The SMILES string of the molecule is CCCC(=O)CCCC(=O)NCCc1ccccc1. The molecular weight excluding hydrogens is 238 g/mol. The topological polar surface area (TPSA) is 46.2 Å². The van der Waals surface area contributed by atoms with Crippen LogP contribution in [0.25, 0.3) is 0 Å². The van der Waals surface area contributed by atoms with Gasteiger partial charge in [-0.25, -0.2) is 0 Å². The third-order valence-corrected chi connectivity index (χ3v) is 2.97. The molecule has 0 saturated heterocycles. The molecule has 1 rings (SSSR count). The average molecular weight is 261 g/mol. The van der Waals surface area contributed by atoms with E-state index in [4.69, 9.17) is 0 Å². The van der Waals surface area contributed by atoms with Crippen molar-refractivity contribution in [3.8, 4) is 0 Å². The van der Waals surface area contributed by atoms with Crippen LogP contribution in [-0.4, -0.2) is 18.2 Å². The van der Waals surface area contributed by atoms with Crippen molar-refractivity contribution in [3.63, 3.8) is 0 Å². The minimum absolute atomic E-state index is 0.0419. The van der Waals surface area contributed by atoms with E-state index in [9.17, 15) is 9.59 Å². The smallest absolute Gasteiger partial charge is 0.220 e. The molecule has 1 N–H and O–H groups in total. The van der Waals surface area contributed by atoms with E-state index >= 15 is 0 Å². The summed E-state index contributed by atoms with van der Waals surface area (Å²) in [4.78, 5) is 22.8. The lowest BCUT2D eigenvalue weighted by Crippen LogP contribution is -2.25. The highest BCUT2D eigenvalue weighted by molar-refractivity contribution is 5.80. The number of rotatable bonds is 9. The van der Waals surface area contributed by atoms with Gasteiger partial charge in [-0.05, 0) is 24.8 Å². The maximum absolute atomic E-state index is 11.6. The van der Waals surface area contributed by atoms with Gasteiger partial charge in [0.25, 0.3) is 0 Å². The maximum atomic E-state index is 11.6. The third kappa shape index (κ3) is 7.39. The van der Waals surface area contributed by atoms with Crippen molar-refractivity contribution in [2.75, 3.05) is 6.54 Å². The Hall–Kier alpha value is -1.64. The predicted molar refractivity (Wildman–Crippen MR) is 76.9 cm³/mol. The molecule has 0 aliphatic carbocycles. The summed E-state index contributed by atoms with van der Waals surface area (Å²) in [6.45, 7) is 2.65. The Labute approximate surface area is 115 Å². The molecule has 0 aliphatic rings. The van der Waals surface area contributed by atoms with Crippen molar-refractivity contribution in [2.45, 2.75) is 45.4 Å².